The summed E-state index contributed by atoms with van der Waals surface area (Å²) in [5, 5.41) is 9.09. The van der Waals surface area contributed by atoms with E-state index in [2.05, 4.69) is 13.8 Å². The predicted molar refractivity (Wildman–Crippen MR) is 84.6 cm³/mol. The van der Waals surface area contributed by atoms with Crippen molar-refractivity contribution in [2.45, 2.75) is 58.2 Å². The van der Waals surface area contributed by atoms with Gasteiger partial charge in [-0.3, -0.25) is 0 Å². The van der Waals surface area contributed by atoms with E-state index in [0.29, 0.717) is 5.75 Å². The second-order valence-corrected chi connectivity index (χ2v) is 6.39. The minimum Gasteiger partial charge on any atom is -0.441 e. The van der Waals surface area contributed by atoms with Crippen molar-refractivity contribution >= 4 is 5.97 Å². The molecule has 0 radical (unpaired) electrons. The third-order valence-electron chi connectivity index (χ3n) is 3.94. The standard InChI is InChI=1S/C18H26O4/c1-14(2)7-5-3-4-6-8-15-9-11-16(12-10-15)21-18(13-19)17(20)22-18/h9-12,14,19H,3-8,13H2,1-2H3/t18-/m1/s1. The average molecular weight is 306 g/mol. The van der Waals surface area contributed by atoms with Gasteiger partial charge in [-0.25, -0.2) is 4.79 Å². The third kappa shape index (κ3) is 4.73. The van der Waals surface area contributed by atoms with Crippen LogP contribution in [0.2, 0.25) is 0 Å². The Kier molecular flexibility index (Phi) is 5.83. The molecule has 1 aliphatic heterocycles. The van der Waals surface area contributed by atoms with Crippen LogP contribution in [0, 0.1) is 5.92 Å². The summed E-state index contributed by atoms with van der Waals surface area (Å²) in [6.07, 6.45) is 7.46. The summed E-state index contributed by atoms with van der Waals surface area (Å²) in [5.41, 5.74) is 1.26. The van der Waals surface area contributed by atoms with Gasteiger partial charge in [0.15, 0.2) is 0 Å². The number of rotatable bonds is 10. The van der Waals surface area contributed by atoms with Crippen LogP contribution in [0.15, 0.2) is 24.3 Å². The van der Waals surface area contributed by atoms with E-state index in [9.17, 15) is 4.79 Å². The highest BCUT2D eigenvalue weighted by atomic mass is 16.8. The number of aliphatic hydroxyl groups excluding tert-OH is 1. The van der Waals surface area contributed by atoms with Crippen molar-refractivity contribution in [2.75, 3.05) is 6.61 Å². The molecule has 1 heterocycles. The SMILES string of the molecule is CC(C)CCCCCCc1ccc(O[C@]2(CO)OC2=O)cc1. The number of cyclic esters (lactones) is 1. The van der Waals surface area contributed by atoms with E-state index >= 15 is 0 Å². The molecular formula is C18H26O4. The molecule has 1 aromatic rings. The summed E-state index contributed by atoms with van der Waals surface area (Å²) in [5.74, 6) is -0.615. The minimum atomic E-state index is -1.45. The van der Waals surface area contributed by atoms with Crippen LogP contribution in [-0.2, 0) is 16.0 Å². The average Bonchev–Trinajstić information content (AvgIpc) is 3.14. The molecule has 0 amide bonds. The lowest BCUT2D eigenvalue weighted by atomic mass is 10.0. The second kappa shape index (κ2) is 7.63. The van der Waals surface area contributed by atoms with Crippen molar-refractivity contribution < 1.29 is 19.4 Å². The quantitative estimate of drug-likeness (QED) is 0.531. The molecule has 4 heteroatoms. The zero-order valence-electron chi connectivity index (χ0n) is 13.5. The molecule has 1 aliphatic rings. The number of aryl methyl sites for hydroxylation is 1. The lowest BCUT2D eigenvalue weighted by Gasteiger charge is -2.09. The maximum absolute atomic E-state index is 11.1. The summed E-state index contributed by atoms with van der Waals surface area (Å²) in [6.45, 7) is 4.08. The predicted octanol–water partition coefficient (Wildman–Crippen LogP) is 3.46. The highest BCUT2D eigenvalue weighted by Crippen LogP contribution is 2.32. The Hall–Kier alpha value is -1.55. The summed E-state index contributed by atoms with van der Waals surface area (Å²) >= 11 is 0. The number of aliphatic hydroxyl groups is 1. The van der Waals surface area contributed by atoms with Gasteiger partial charge in [0.2, 0.25) is 0 Å². The van der Waals surface area contributed by atoms with Crippen molar-refractivity contribution in [1.82, 2.24) is 0 Å². The van der Waals surface area contributed by atoms with Crippen molar-refractivity contribution in [3.05, 3.63) is 29.8 Å². The van der Waals surface area contributed by atoms with Crippen molar-refractivity contribution in [3.8, 4) is 5.75 Å². The number of carbonyl (C=O) groups is 1. The van der Waals surface area contributed by atoms with Crippen LogP contribution in [0.3, 0.4) is 0 Å². The maximum atomic E-state index is 11.1. The van der Waals surface area contributed by atoms with E-state index < -0.39 is 18.4 Å². The summed E-state index contributed by atoms with van der Waals surface area (Å²) in [7, 11) is 0. The van der Waals surface area contributed by atoms with Gasteiger partial charge < -0.3 is 14.6 Å². The normalized spacial score (nSPS) is 20.1. The second-order valence-electron chi connectivity index (χ2n) is 6.39. The molecule has 1 N–H and O–H groups in total. The molecule has 0 aromatic heterocycles. The topological polar surface area (TPSA) is 59.1 Å². The molecule has 122 valence electrons. The van der Waals surface area contributed by atoms with Gasteiger partial charge in [-0.15, -0.1) is 0 Å². The zero-order chi connectivity index (χ0) is 16.0. The lowest BCUT2D eigenvalue weighted by Crippen LogP contribution is -2.26. The summed E-state index contributed by atoms with van der Waals surface area (Å²) in [4.78, 5) is 11.1. The van der Waals surface area contributed by atoms with Crippen LogP contribution in [0.1, 0.15) is 51.5 Å². The van der Waals surface area contributed by atoms with Crippen LogP contribution in [0.25, 0.3) is 0 Å². The number of carbonyl (C=O) groups excluding carboxylic acids is 1. The van der Waals surface area contributed by atoms with Gasteiger partial charge in [0.05, 0.1) is 0 Å². The molecule has 0 saturated carbocycles. The molecule has 4 nitrogen and oxygen atoms in total. The van der Waals surface area contributed by atoms with E-state index in [1.54, 1.807) is 0 Å². The van der Waals surface area contributed by atoms with Crippen LogP contribution >= 0.6 is 0 Å². The summed E-state index contributed by atoms with van der Waals surface area (Å²) in [6, 6.07) is 7.64. The Morgan fingerprint density at radius 2 is 1.77 bits per heavy atom. The van der Waals surface area contributed by atoms with Gasteiger partial charge in [-0.2, -0.15) is 0 Å². The van der Waals surface area contributed by atoms with Crippen LogP contribution in [0.4, 0.5) is 0 Å². The molecule has 0 unspecified atom stereocenters. The Labute approximate surface area is 132 Å². The molecule has 0 bridgehead atoms. The first kappa shape index (κ1) is 16.8. The van der Waals surface area contributed by atoms with Gasteiger partial charge in [0, 0.05) is 0 Å². The molecule has 1 aromatic carbocycles. The van der Waals surface area contributed by atoms with E-state index in [-0.39, 0.29) is 0 Å². The van der Waals surface area contributed by atoms with E-state index in [0.717, 1.165) is 12.3 Å². The van der Waals surface area contributed by atoms with Crippen LogP contribution in [-0.4, -0.2) is 23.5 Å². The molecule has 1 saturated heterocycles. The summed E-state index contributed by atoms with van der Waals surface area (Å²) < 4.78 is 10.1. The lowest BCUT2D eigenvalue weighted by molar-refractivity contribution is -0.118. The monoisotopic (exact) mass is 306 g/mol. The Morgan fingerprint density at radius 3 is 2.32 bits per heavy atom. The number of epoxide rings is 1. The fourth-order valence-electron chi connectivity index (χ4n) is 2.47. The highest BCUT2D eigenvalue weighted by molar-refractivity contribution is 5.91. The van der Waals surface area contributed by atoms with Crippen LogP contribution < -0.4 is 4.74 Å². The van der Waals surface area contributed by atoms with E-state index in [1.807, 2.05) is 24.3 Å². The van der Waals surface area contributed by atoms with Gasteiger partial charge >= 0.3 is 11.8 Å². The Bertz CT molecular complexity index is 480. The Morgan fingerprint density at radius 1 is 1.14 bits per heavy atom. The number of ether oxygens (including phenoxy) is 2. The number of hydrogen-bond acceptors (Lipinski definition) is 4. The van der Waals surface area contributed by atoms with Crippen molar-refractivity contribution in [1.29, 1.82) is 0 Å². The number of unbranched alkanes of at least 4 members (excludes halogenated alkanes) is 3. The van der Waals surface area contributed by atoms with E-state index in [1.165, 1.54) is 37.7 Å². The molecule has 1 fully saturated rings. The zero-order valence-corrected chi connectivity index (χ0v) is 13.5. The molecule has 2 rings (SSSR count). The smallest absolute Gasteiger partial charge is 0.399 e. The van der Waals surface area contributed by atoms with Gasteiger partial charge in [-0.05, 0) is 36.5 Å². The first-order valence-corrected chi connectivity index (χ1v) is 8.18. The Balaban J connectivity index is 1.68. The minimum absolute atomic E-state index is 0.454. The van der Waals surface area contributed by atoms with Crippen molar-refractivity contribution in [3.63, 3.8) is 0 Å². The molecular weight excluding hydrogens is 280 g/mol. The largest absolute Gasteiger partial charge is 0.441 e. The van der Waals surface area contributed by atoms with E-state index in [4.69, 9.17) is 14.6 Å². The highest BCUT2D eigenvalue weighted by Gasteiger charge is 2.61. The number of hydrogen-bond donors (Lipinski definition) is 1. The van der Waals surface area contributed by atoms with Crippen LogP contribution in [0.5, 0.6) is 5.75 Å². The van der Waals surface area contributed by atoms with Crippen molar-refractivity contribution in [2.24, 2.45) is 5.92 Å². The number of benzene rings is 1. The molecule has 0 spiro atoms. The third-order valence-corrected chi connectivity index (χ3v) is 3.94. The fraction of sp³-hybridized carbons (Fsp3) is 0.611. The molecule has 22 heavy (non-hydrogen) atoms. The van der Waals surface area contributed by atoms with Gasteiger partial charge in [0.1, 0.15) is 12.4 Å². The van der Waals surface area contributed by atoms with Gasteiger partial charge in [-0.1, -0.05) is 51.7 Å². The first-order chi connectivity index (χ1) is 10.6. The van der Waals surface area contributed by atoms with Gasteiger partial charge in [0.25, 0.3) is 0 Å². The first-order valence-electron chi connectivity index (χ1n) is 8.18. The molecule has 1 atom stereocenters. The maximum Gasteiger partial charge on any atom is 0.399 e. The molecule has 0 aliphatic carbocycles. The fourth-order valence-corrected chi connectivity index (χ4v) is 2.47.